The van der Waals surface area contributed by atoms with Crippen molar-refractivity contribution < 1.29 is 4.79 Å². The maximum Gasteiger partial charge on any atom is 0.234 e. The molecule has 3 rings (SSSR count). The summed E-state index contributed by atoms with van der Waals surface area (Å²) in [5.74, 6) is 0.615. The average molecular weight is 452 g/mol. The molecule has 6 nitrogen and oxygen atoms in total. The number of amides is 1. The zero-order chi connectivity index (χ0) is 23.4. The first kappa shape index (κ1) is 24.1. The van der Waals surface area contributed by atoms with Gasteiger partial charge in [0.25, 0.3) is 0 Å². The van der Waals surface area contributed by atoms with E-state index in [2.05, 4.69) is 73.2 Å². The van der Waals surface area contributed by atoms with E-state index in [1.807, 2.05) is 11.5 Å². The maximum atomic E-state index is 12.9. The van der Waals surface area contributed by atoms with E-state index < -0.39 is 10.8 Å². The Morgan fingerprint density at radius 3 is 2.50 bits per heavy atom. The lowest BCUT2D eigenvalue weighted by Gasteiger charge is -2.32. The van der Waals surface area contributed by atoms with Crippen molar-refractivity contribution >= 4 is 17.7 Å². The highest BCUT2D eigenvalue weighted by atomic mass is 32.2. The minimum absolute atomic E-state index is 0.0796. The molecule has 1 aromatic carbocycles. The lowest BCUT2D eigenvalue weighted by molar-refractivity contribution is -0.121. The molecule has 1 fully saturated rings. The molecular weight excluding hydrogens is 418 g/mol. The predicted octanol–water partition coefficient (Wildman–Crippen LogP) is 5.25. The van der Waals surface area contributed by atoms with Crippen LogP contribution in [-0.2, 0) is 16.8 Å². The van der Waals surface area contributed by atoms with Crippen molar-refractivity contribution in [1.29, 1.82) is 5.26 Å². The van der Waals surface area contributed by atoms with Crippen LogP contribution in [0.15, 0.2) is 42.1 Å². The smallest absolute Gasteiger partial charge is 0.234 e. The van der Waals surface area contributed by atoms with Crippen molar-refractivity contribution in [2.24, 2.45) is 0 Å². The van der Waals surface area contributed by atoms with Gasteiger partial charge in [0.1, 0.15) is 5.54 Å². The number of nitriles is 1. The van der Waals surface area contributed by atoms with E-state index in [1.54, 1.807) is 6.08 Å². The monoisotopic (exact) mass is 451 g/mol. The van der Waals surface area contributed by atoms with Crippen molar-refractivity contribution in [1.82, 2.24) is 20.1 Å². The molecule has 0 saturated heterocycles. The minimum atomic E-state index is -0.737. The quantitative estimate of drug-likeness (QED) is 0.459. The van der Waals surface area contributed by atoms with E-state index in [-0.39, 0.29) is 11.3 Å². The topological polar surface area (TPSA) is 83.6 Å². The fourth-order valence-corrected chi connectivity index (χ4v) is 4.83. The summed E-state index contributed by atoms with van der Waals surface area (Å²) in [6.45, 7) is 12.8. The molecule has 1 atom stereocenters. The number of allylic oxidation sites excluding steroid dienone is 1. The zero-order valence-electron chi connectivity index (χ0n) is 19.5. The van der Waals surface area contributed by atoms with Crippen LogP contribution in [0.25, 0.3) is 11.4 Å². The Balaban J connectivity index is 1.78. The van der Waals surface area contributed by atoms with Crippen molar-refractivity contribution in [3.8, 4) is 17.5 Å². The summed E-state index contributed by atoms with van der Waals surface area (Å²) in [6.07, 6.45) is 6.30. The number of nitrogens with one attached hydrogen (secondary N) is 1. The summed E-state index contributed by atoms with van der Waals surface area (Å²) in [5, 5.41) is 21.7. The second-order valence-electron chi connectivity index (χ2n) is 9.54. The summed E-state index contributed by atoms with van der Waals surface area (Å²) in [4.78, 5) is 12.9. The highest BCUT2D eigenvalue weighted by molar-refractivity contribution is 8.00. The molecular formula is C25H33N5OS. The normalized spacial score (nSPS) is 16.7. The summed E-state index contributed by atoms with van der Waals surface area (Å²) in [5.41, 5.74) is 1.57. The Kier molecular flexibility index (Phi) is 7.45. The second-order valence-corrected chi connectivity index (χ2v) is 10.8. The lowest BCUT2D eigenvalue weighted by atomic mass is 9.83. The molecule has 1 aliphatic rings. The fourth-order valence-electron chi connectivity index (χ4n) is 3.97. The van der Waals surface area contributed by atoms with Crippen molar-refractivity contribution in [3.05, 3.63) is 42.5 Å². The first-order valence-corrected chi connectivity index (χ1v) is 12.1. The number of rotatable bonds is 7. The summed E-state index contributed by atoms with van der Waals surface area (Å²) < 4.78 is 1.98. The molecule has 2 aromatic rings. The molecule has 1 heterocycles. The third-order valence-electron chi connectivity index (χ3n) is 5.97. The van der Waals surface area contributed by atoms with Crippen LogP contribution in [0, 0.1) is 11.3 Å². The molecule has 1 aromatic heterocycles. The van der Waals surface area contributed by atoms with Crippen LogP contribution < -0.4 is 5.32 Å². The van der Waals surface area contributed by atoms with Gasteiger partial charge in [0.05, 0.1) is 11.3 Å². The van der Waals surface area contributed by atoms with Crippen LogP contribution >= 0.6 is 11.8 Å². The molecule has 0 radical (unpaired) electrons. The first-order chi connectivity index (χ1) is 15.2. The van der Waals surface area contributed by atoms with Gasteiger partial charge in [-0.1, -0.05) is 82.1 Å². The van der Waals surface area contributed by atoms with Crippen LogP contribution in [0.5, 0.6) is 0 Å². The Morgan fingerprint density at radius 1 is 1.28 bits per heavy atom. The van der Waals surface area contributed by atoms with Gasteiger partial charge < -0.3 is 5.32 Å². The van der Waals surface area contributed by atoms with E-state index in [4.69, 9.17) is 0 Å². The molecule has 1 N–H and O–H groups in total. The van der Waals surface area contributed by atoms with Gasteiger partial charge in [0, 0.05) is 12.1 Å². The minimum Gasteiger partial charge on any atom is -0.337 e. The number of hydrogen-bond donors (Lipinski definition) is 1. The fraction of sp³-hybridized carbons (Fsp3) is 0.520. The number of carbonyl (C=O) groups excluding carboxylic acids is 1. The highest BCUT2D eigenvalue weighted by Gasteiger charge is 2.35. The predicted molar refractivity (Wildman–Crippen MR) is 129 cm³/mol. The van der Waals surface area contributed by atoms with Gasteiger partial charge in [-0.2, -0.15) is 5.26 Å². The molecule has 32 heavy (non-hydrogen) atoms. The Bertz CT molecular complexity index is 991. The summed E-state index contributed by atoms with van der Waals surface area (Å²) in [6, 6.07) is 10.7. The second kappa shape index (κ2) is 9.91. The van der Waals surface area contributed by atoms with Gasteiger partial charge in [-0.05, 0) is 30.7 Å². The Morgan fingerprint density at radius 2 is 1.94 bits per heavy atom. The molecule has 0 bridgehead atoms. The van der Waals surface area contributed by atoms with Gasteiger partial charge in [0.15, 0.2) is 11.0 Å². The van der Waals surface area contributed by atoms with E-state index in [0.29, 0.717) is 24.5 Å². The van der Waals surface area contributed by atoms with Crippen molar-refractivity contribution in [3.63, 3.8) is 0 Å². The van der Waals surface area contributed by atoms with E-state index in [1.165, 1.54) is 17.3 Å². The van der Waals surface area contributed by atoms with Crippen LogP contribution in [0.1, 0.15) is 65.4 Å². The lowest BCUT2D eigenvalue weighted by Crippen LogP contribution is -2.51. The summed E-state index contributed by atoms with van der Waals surface area (Å²) >= 11 is 1.36. The Labute approximate surface area is 195 Å². The largest absolute Gasteiger partial charge is 0.337 e. The highest BCUT2D eigenvalue weighted by Crippen LogP contribution is 2.31. The van der Waals surface area contributed by atoms with Gasteiger partial charge in [-0.3, -0.25) is 9.36 Å². The first-order valence-electron chi connectivity index (χ1n) is 11.2. The number of carbonyl (C=O) groups is 1. The van der Waals surface area contributed by atoms with Crippen molar-refractivity contribution in [2.75, 3.05) is 0 Å². The van der Waals surface area contributed by atoms with Crippen LogP contribution in [0.2, 0.25) is 0 Å². The maximum absolute atomic E-state index is 12.9. The third-order valence-corrected chi connectivity index (χ3v) is 7.05. The molecule has 7 heteroatoms. The molecule has 0 spiro atoms. The van der Waals surface area contributed by atoms with Crippen molar-refractivity contribution in [2.45, 2.75) is 87.7 Å². The Hall–Kier alpha value is -2.59. The van der Waals surface area contributed by atoms with Crippen LogP contribution in [0.3, 0.4) is 0 Å². The number of benzene rings is 1. The molecule has 0 unspecified atom stereocenters. The number of aromatic nitrogens is 3. The summed E-state index contributed by atoms with van der Waals surface area (Å²) in [7, 11) is 0. The standard InChI is InChI=1S/C25H33N5OS/c1-6-16-30-21(19-10-12-20(13-11-19)24(3,4)5)28-29-23(30)32-18(2)22(31)27-25(17-26)14-8-7-9-15-25/h6,10-13,18H,1,7-9,14-16H2,2-5H3,(H,27,31)/t18-/m1/s1. The molecule has 1 amide bonds. The molecule has 1 aliphatic carbocycles. The number of nitrogens with zero attached hydrogens (tertiary/aromatic N) is 4. The van der Waals surface area contributed by atoms with Gasteiger partial charge in [0.2, 0.25) is 5.91 Å². The van der Waals surface area contributed by atoms with E-state index >= 15 is 0 Å². The average Bonchev–Trinajstić information content (AvgIpc) is 3.16. The van der Waals surface area contributed by atoms with Gasteiger partial charge >= 0.3 is 0 Å². The van der Waals surface area contributed by atoms with E-state index in [0.717, 1.165) is 30.7 Å². The van der Waals surface area contributed by atoms with Gasteiger partial charge in [-0.15, -0.1) is 16.8 Å². The van der Waals surface area contributed by atoms with Gasteiger partial charge in [-0.25, -0.2) is 0 Å². The molecule has 1 saturated carbocycles. The zero-order valence-corrected chi connectivity index (χ0v) is 20.3. The molecule has 170 valence electrons. The number of hydrogen-bond acceptors (Lipinski definition) is 5. The third kappa shape index (κ3) is 5.42. The van der Waals surface area contributed by atoms with Crippen LogP contribution in [-0.4, -0.2) is 31.5 Å². The molecule has 0 aliphatic heterocycles. The van der Waals surface area contributed by atoms with E-state index in [9.17, 15) is 10.1 Å². The van der Waals surface area contributed by atoms with Crippen LogP contribution in [0.4, 0.5) is 0 Å². The SMILES string of the molecule is C=CCn1c(S[C@H](C)C(=O)NC2(C#N)CCCCC2)nnc1-c1ccc(C(C)(C)C)cc1. The number of thioether (sulfide) groups is 1.